The third kappa shape index (κ3) is 3.62. The minimum absolute atomic E-state index is 0.227. The first kappa shape index (κ1) is 12.7. The van der Waals surface area contributed by atoms with Gasteiger partial charge in [0.1, 0.15) is 6.61 Å². The zero-order valence-corrected chi connectivity index (χ0v) is 10.3. The lowest BCUT2D eigenvalue weighted by molar-refractivity contribution is 0.155. The van der Waals surface area contributed by atoms with Crippen LogP contribution in [-0.2, 0) is 11.3 Å². The van der Waals surface area contributed by atoms with Crippen LogP contribution in [0.5, 0.6) is 0 Å². The van der Waals surface area contributed by atoms with Crippen molar-refractivity contribution in [3.8, 4) is 12.3 Å². The first-order valence-corrected chi connectivity index (χ1v) is 5.83. The van der Waals surface area contributed by atoms with Crippen molar-refractivity contribution in [3.63, 3.8) is 0 Å². The highest BCUT2D eigenvalue weighted by atomic mass is 16.5. The number of amides is 1. The molecule has 3 heteroatoms. The van der Waals surface area contributed by atoms with Crippen LogP contribution in [0.3, 0.4) is 0 Å². The van der Waals surface area contributed by atoms with E-state index in [4.69, 9.17) is 11.2 Å². The Morgan fingerprint density at radius 2 is 1.79 bits per heavy atom. The summed E-state index contributed by atoms with van der Waals surface area (Å²) in [6.07, 6.45) is 4.83. The summed E-state index contributed by atoms with van der Waals surface area (Å²) in [6, 6.07) is 16.6. The predicted molar refractivity (Wildman–Crippen MR) is 74.6 cm³/mol. The molecule has 0 saturated heterocycles. The monoisotopic (exact) mass is 251 g/mol. The van der Waals surface area contributed by atoms with Gasteiger partial charge in [0, 0.05) is 5.56 Å². The van der Waals surface area contributed by atoms with Crippen LogP contribution < -0.4 is 5.32 Å². The molecule has 94 valence electrons. The summed E-state index contributed by atoms with van der Waals surface area (Å²) >= 11 is 0. The summed E-state index contributed by atoms with van der Waals surface area (Å²) in [6.45, 7) is 0.227. The van der Waals surface area contributed by atoms with Gasteiger partial charge in [-0.2, -0.15) is 0 Å². The highest BCUT2D eigenvalue weighted by Gasteiger charge is 2.06. The molecule has 3 nitrogen and oxygen atoms in total. The van der Waals surface area contributed by atoms with Crippen LogP contribution in [0, 0.1) is 12.3 Å². The fraction of sp³-hybridized carbons (Fsp3) is 0.0625. The van der Waals surface area contributed by atoms with Crippen molar-refractivity contribution < 1.29 is 9.53 Å². The van der Waals surface area contributed by atoms with E-state index in [2.05, 4.69) is 11.2 Å². The van der Waals surface area contributed by atoms with Gasteiger partial charge in [-0.25, -0.2) is 4.79 Å². The van der Waals surface area contributed by atoms with E-state index < -0.39 is 6.09 Å². The number of hydrogen-bond donors (Lipinski definition) is 1. The summed E-state index contributed by atoms with van der Waals surface area (Å²) in [5.74, 6) is 2.50. The molecule has 0 bridgehead atoms. The first-order chi connectivity index (χ1) is 9.29. The van der Waals surface area contributed by atoms with Crippen molar-refractivity contribution in [1.29, 1.82) is 0 Å². The van der Waals surface area contributed by atoms with Gasteiger partial charge in [0.05, 0.1) is 5.69 Å². The van der Waals surface area contributed by atoms with Crippen molar-refractivity contribution in [1.82, 2.24) is 0 Å². The van der Waals surface area contributed by atoms with E-state index in [1.807, 2.05) is 36.4 Å². The van der Waals surface area contributed by atoms with E-state index >= 15 is 0 Å². The minimum atomic E-state index is -0.522. The topological polar surface area (TPSA) is 38.3 Å². The van der Waals surface area contributed by atoms with Gasteiger partial charge in [0.25, 0.3) is 0 Å². The summed E-state index contributed by atoms with van der Waals surface area (Å²) in [4.78, 5) is 11.7. The quantitative estimate of drug-likeness (QED) is 0.849. The molecule has 19 heavy (non-hydrogen) atoms. The second kappa shape index (κ2) is 6.27. The van der Waals surface area contributed by atoms with Crippen molar-refractivity contribution in [2.24, 2.45) is 0 Å². The smallest absolute Gasteiger partial charge is 0.411 e. The van der Waals surface area contributed by atoms with Crippen molar-refractivity contribution in [3.05, 3.63) is 65.7 Å². The van der Waals surface area contributed by atoms with Crippen LogP contribution in [0.2, 0.25) is 0 Å². The fourth-order valence-corrected chi connectivity index (χ4v) is 1.59. The average Bonchev–Trinajstić information content (AvgIpc) is 2.47. The molecule has 2 aromatic carbocycles. The Hall–Kier alpha value is -2.73. The molecule has 0 fully saturated rings. The maximum Gasteiger partial charge on any atom is 0.411 e. The number of anilines is 1. The van der Waals surface area contributed by atoms with Crippen LogP contribution in [0.15, 0.2) is 54.6 Å². The molecule has 0 unspecified atom stereocenters. The number of hydrogen-bond acceptors (Lipinski definition) is 2. The Morgan fingerprint density at radius 3 is 2.53 bits per heavy atom. The Bertz CT molecular complexity index is 600. The maximum atomic E-state index is 11.7. The number of nitrogens with one attached hydrogen (secondary N) is 1. The van der Waals surface area contributed by atoms with Crippen LogP contribution in [0.25, 0.3) is 0 Å². The average molecular weight is 251 g/mol. The van der Waals surface area contributed by atoms with Gasteiger partial charge < -0.3 is 4.74 Å². The zero-order chi connectivity index (χ0) is 13.5. The molecule has 1 amide bonds. The Morgan fingerprint density at radius 1 is 1.11 bits per heavy atom. The summed E-state index contributed by atoms with van der Waals surface area (Å²) in [5, 5.41) is 2.63. The molecule has 0 aromatic heterocycles. The number of terminal acetylenes is 1. The molecule has 0 radical (unpaired) electrons. The van der Waals surface area contributed by atoms with E-state index in [1.54, 1.807) is 18.2 Å². The normalized spacial score (nSPS) is 9.42. The summed E-state index contributed by atoms with van der Waals surface area (Å²) in [7, 11) is 0. The molecule has 2 rings (SSSR count). The van der Waals surface area contributed by atoms with Crippen LogP contribution in [-0.4, -0.2) is 6.09 Å². The van der Waals surface area contributed by atoms with Crippen molar-refractivity contribution >= 4 is 11.8 Å². The van der Waals surface area contributed by atoms with Gasteiger partial charge in [-0.15, -0.1) is 6.42 Å². The maximum absolute atomic E-state index is 11.7. The number of para-hydroxylation sites is 1. The van der Waals surface area contributed by atoms with Gasteiger partial charge in [0.15, 0.2) is 0 Å². The molecule has 0 aliphatic carbocycles. The summed E-state index contributed by atoms with van der Waals surface area (Å²) in [5.41, 5.74) is 2.13. The predicted octanol–water partition coefficient (Wildman–Crippen LogP) is 3.42. The van der Waals surface area contributed by atoms with Gasteiger partial charge in [-0.3, -0.25) is 5.32 Å². The molecule has 0 atom stereocenters. The van der Waals surface area contributed by atoms with Crippen LogP contribution >= 0.6 is 0 Å². The molecule has 0 spiro atoms. The lowest BCUT2D eigenvalue weighted by Crippen LogP contribution is -2.14. The zero-order valence-electron chi connectivity index (χ0n) is 10.3. The number of rotatable bonds is 3. The second-order valence-electron chi connectivity index (χ2n) is 3.88. The number of benzene rings is 2. The van der Waals surface area contributed by atoms with E-state index in [1.165, 1.54) is 0 Å². The minimum Gasteiger partial charge on any atom is -0.444 e. The van der Waals surface area contributed by atoms with Crippen molar-refractivity contribution in [2.45, 2.75) is 6.61 Å². The highest BCUT2D eigenvalue weighted by molar-refractivity contribution is 5.86. The van der Waals surface area contributed by atoms with E-state index in [0.717, 1.165) is 5.56 Å². The highest BCUT2D eigenvalue weighted by Crippen LogP contribution is 2.14. The Balaban J connectivity index is 1.93. The van der Waals surface area contributed by atoms with E-state index in [9.17, 15) is 4.79 Å². The molecule has 0 saturated carbocycles. The third-order valence-electron chi connectivity index (χ3n) is 2.53. The lowest BCUT2D eigenvalue weighted by atomic mass is 10.2. The van der Waals surface area contributed by atoms with Crippen molar-refractivity contribution in [2.75, 3.05) is 5.32 Å². The lowest BCUT2D eigenvalue weighted by Gasteiger charge is -2.08. The first-order valence-electron chi connectivity index (χ1n) is 5.83. The van der Waals surface area contributed by atoms with Crippen LogP contribution in [0.4, 0.5) is 10.5 Å². The van der Waals surface area contributed by atoms with Gasteiger partial charge in [-0.05, 0) is 17.7 Å². The summed E-state index contributed by atoms with van der Waals surface area (Å²) < 4.78 is 5.11. The van der Waals surface area contributed by atoms with Gasteiger partial charge in [0.2, 0.25) is 0 Å². The molecular weight excluding hydrogens is 238 g/mol. The Labute approximate surface area is 112 Å². The van der Waals surface area contributed by atoms with E-state index in [0.29, 0.717) is 11.3 Å². The van der Waals surface area contributed by atoms with Crippen LogP contribution in [0.1, 0.15) is 11.1 Å². The molecule has 0 aliphatic heterocycles. The number of ether oxygens (including phenoxy) is 1. The second-order valence-corrected chi connectivity index (χ2v) is 3.88. The number of carbonyl (C=O) groups is 1. The Kier molecular flexibility index (Phi) is 4.20. The standard InChI is InChI=1S/C16H13NO2/c1-2-14-10-6-7-11-15(14)17-16(18)19-12-13-8-4-3-5-9-13/h1,3-11H,12H2,(H,17,18). The van der Waals surface area contributed by atoms with Gasteiger partial charge in [-0.1, -0.05) is 48.4 Å². The molecule has 0 aliphatic rings. The largest absolute Gasteiger partial charge is 0.444 e. The SMILES string of the molecule is C#Cc1ccccc1NC(=O)OCc1ccccc1. The molecular formula is C16H13NO2. The fourth-order valence-electron chi connectivity index (χ4n) is 1.59. The van der Waals surface area contributed by atoms with Gasteiger partial charge >= 0.3 is 6.09 Å². The molecule has 1 N–H and O–H groups in total. The molecule has 2 aromatic rings. The van der Waals surface area contributed by atoms with E-state index in [-0.39, 0.29) is 6.61 Å². The molecule has 0 heterocycles. The number of carbonyl (C=O) groups excluding carboxylic acids is 1. The third-order valence-corrected chi connectivity index (χ3v) is 2.53.